The van der Waals surface area contributed by atoms with Crippen molar-refractivity contribution < 1.29 is 4.39 Å². The monoisotopic (exact) mass is 327 g/mol. The van der Waals surface area contributed by atoms with Crippen molar-refractivity contribution in [1.82, 2.24) is 14.5 Å². The second-order valence-electron chi connectivity index (χ2n) is 5.70. The van der Waals surface area contributed by atoms with Gasteiger partial charge in [-0.15, -0.1) is 0 Å². The summed E-state index contributed by atoms with van der Waals surface area (Å²) in [5.74, 6) is 0.199. The topological polar surface area (TPSA) is 24.0 Å². The Morgan fingerprint density at radius 3 is 2.76 bits per heavy atom. The van der Waals surface area contributed by atoms with Crippen LogP contribution in [0.25, 0.3) is 11.0 Å². The number of aromatic amines is 1. The number of halogens is 2. The molecule has 0 aliphatic carbocycles. The molecule has 3 nitrogen and oxygen atoms in total. The summed E-state index contributed by atoms with van der Waals surface area (Å²) in [6.07, 6.45) is 2.33. The van der Waals surface area contributed by atoms with Gasteiger partial charge in [-0.25, -0.2) is 4.39 Å². The number of hydrogen-bond acceptors (Lipinski definition) is 2. The minimum Gasteiger partial charge on any atom is -0.331 e. The van der Waals surface area contributed by atoms with E-state index in [4.69, 9.17) is 23.8 Å². The van der Waals surface area contributed by atoms with Gasteiger partial charge < -0.3 is 14.5 Å². The number of nitrogens with zero attached hydrogens (tertiary/aromatic N) is 2. The van der Waals surface area contributed by atoms with E-state index >= 15 is 0 Å². The van der Waals surface area contributed by atoms with Gasteiger partial charge in [-0.3, -0.25) is 0 Å². The first kappa shape index (κ1) is 15.0. The summed E-state index contributed by atoms with van der Waals surface area (Å²) in [4.78, 5) is 5.58. The Morgan fingerprint density at radius 2 is 2.10 bits per heavy atom. The van der Waals surface area contributed by atoms with E-state index in [0.29, 0.717) is 10.7 Å². The van der Waals surface area contributed by atoms with E-state index in [-0.39, 0.29) is 5.02 Å². The minimum atomic E-state index is -0.396. The molecule has 1 aromatic carbocycles. The highest BCUT2D eigenvalue weighted by molar-refractivity contribution is 7.71. The van der Waals surface area contributed by atoms with Gasteiger partial charge in [0.05, 0.1) is 16.1 Å². The molecule has 0 amide bonds. The van der Waals surface area contributed by atoms with E-state index in [0.717, 1.165) is 37.2 Å². The van der Waals surface area contributed by atoms with Crippen molar-refractivity contribution >= 4 is 34.9 Å². The molecule has 1 N–H and O–H groups in total. The number of rotatable bonds is 3. The Bertz CT molecular complexity index is 701. The highest BCUT2D eigenvalue weighted by Gasteiger charge is 2.20. The maximum Gasteiger partial charge on any atom is 0.178 e. The Hall–Kier alpha value is -0.910. The zero-order valence-electron chi connectivity index (χ0n) is 12.0. The Labute approximate surface area is 133 Å². The van der Waals surface area contributed by atoms with E-state index in [1.54, 1.807) is 6.07 Å². The Morgan fingerprint density at radius 1 is 1.38 bits per heavy atom. The number of nitrogens with one attached hydrogen (secondary N) is 1. The van der Waals surface area contributed by atoms with Gasteiger partial charge in [0, 0.05) is 12.6 Å². The normalized spacial score (nSPS) is 17.7. The summed E-state index contributed by atoms with van der Waals surface area (Å²) in [6.45, 7) is 6.43. The minimum absolute atomic E-state index is 0.127. The third-order valence-corrected chi connectivity index (χ3v) is 5.02. The smallest absolute Gasteiger partial charge is 0.178 e. The van der Waals surface area contributed by atoms with E-state index in [1.165, 1.54) is 18.9 Å². The van der Waals surface area contributed by atoms with Crippen molar-refractivity contribution in [2.75, 3.05) is 19.6 Å². The lowest BCUT2D eigenvalue weighted by Gasteiger charge is -2.31. The first-order chi connectivity index (χ1) is 10.1. The number of H-pyrrole nitrogens is 1. The molecule has 3 rings (SSSR count). The first-order valence-corrected chi connectivity index (χ1v) is 8.17. The number of benzene rings is 1. The molecule has 0 spiro atoms. The summed E-state index contributed by atoms with van der Waals surface area (Å²) < 4.78 is 16.4. The zero-order valence-corrected chi connectivity index (χ0v) is 13.6. The second-order valence-corrected chi connectivity index (χ2v) is 6.50. The fourth-order valence-electron chi connectivity index (χ4n) is 3.08. The van der Waals surface area contributed by atoms with Crippen LogP contribution in [-0.2, 0) is 6.54 Å². The molecule has 114 valence electrons. The Kier molecular flexibility index (Phi) is 4.33. The highest BCUT2D eigenvalue weighted by atomic mass is 35.5. The lowest BCUT2D eigenvalue weighted by Crippen LogP contribution is -2.34. The second kappa shape index (κ2) is 6.07. The summed E-state index contributed by atoms with van der Waals surface area (Å²) in [5.41, 5.74) is 1.61. The summed E-state index contributed by atoms with van der Waals surface area (Å²) in [7, 11) is 0. The van der Waals surface area contributed by atoms with Crippen LogP contribution in [0.1, 0.15) is 19.8 Å². The molecule has 1 aliphatic rings. The van der Waals surface area contributed by atoms with Gasteiger partial charge >= 0.3 is 0 Å². The van der Waals surface area contributed by atoms with Gasteiger partial charge in [-0.2, -0.15) is 0 Å². The number of likely N-dealkylation sites (tertiary alicyclic amines) is 1. The third-order valence-electron chi connectivity index (χ3n) is 4.41. The van der Waals surface area contributed by atoms with Crippen LogP contribution in [-0.4, -0.2) is 34.1 Å². The molecule has 0 radical (unpaired) electrons. The van der Waals surface area contributed by atoms with E-state index in [9.17, 15) is 4.39 Å². The average Bonchev–Trinajstić information content (AvgIpc) is 2.76. The van der Waals surface area contributed by atoms with E-state index < -0.39 is 5.82 Å². The number of hydrogen-bond donors (Lipinski definition) is 1. The molecular formula is C15H19ClFN3S. The van der Waals surface area contributed by atoms with Crippen LogP contribution in [0.3, 0.4) is 0 Å². The fourth-order valence-corrected chi connectivity index (χ4v) is 3.52. The highest BCUT2D eigenvalue weighted by Crippen LogP contribution is 2.25. The van der Waals surface area contributed by atoms with E-state index in [1.807, 2.05) is 4.57 Å². The SMILES string of the molecule is CCN1CCC(Cn2c(=S)[nH]c3cc(Cl)c(F)cc32)CC1. The largest absolute Gasteiger partial charge is 0.331 e. The quantitative estimate of drug-likeness (QED) is 0.853. The first-order valence-electron chi connectivity index (χ1n) is 7.38. The third kappa shape index (κ3) is 3.00. The summed E-state index contributed by atoms with van der Waals surface area (Å²) in [6, 6.07) is 3.09. The molecule has 1 aromatic heterocycles. The zero-order chi connectivity index (χ0) is 15.0. The van der Waals surface area contributed by atoms with Crippen molar-refractivity contribution in [2.45, 2.75) is 26.3 Å². The van der Waals surface area contributed by atoms with Crippen LogP contribution in [0, 0.1) is 16.5 Å². The molecule has 1 fully saturated rings. The predicted octanol–water partition coefficient (Wildman–Crippen LogP) is 4.22. The van der Waals surface area contributed by atoms with Gasteiger partial charge in [0.1, 0.15) is 5.82 Å². The fraction of sp³-hybridized carbons (Fsp3) is 0.533. The number of piperidine rings is 1. The van der Waals surface area contributed by atoms with Crippen molar-refractivity contribution in [3.8, 4) is 0 Å². The molecule has 0 unspecified atom stereocenters. The van der Waals surface area contributed by atoms with E-state index in [2.05, 4.69) is 16.8 Å². The van der Waals surface area contributed by atoms with Crippen molar-refractivity contribution in [1.29, 1.82) is 0 Å². The molecule has 0 bridgehead atoms. The van der Waals surface area contributed by atoms with Gasteiger partial charge in [-0.05, 0) is 56.7 Å². The van der Waals surface area contributed by atoms with Gasteiger partial charge in [-0.1, -0.05) is 18.5 Å². The molecule has 6 heteroatoms. The van der Waals surface area contributed by atoms with Crippen LogP contribution in [0.2, 0.25) is 5.02 Å². The molecule has 21 heavy (non-hydrogen) atoms. The maximum atomic E-state index is 13.7. The van der Waals surface area contributed by atoms with Crippen LogP contribution in [0.4, 0.5) is 4.39 Å². The van der Waals surface area contributed by atoms with Gasteiger partial charge in [0.15, 0.2) is 4.77 Å². The van der Waals surface area contributed by atoms with Crippen molar-refractivity contribution in [2.24, 2.45) is 5.92 Å². The number of aromatic nitrogens is 2. The summed E-state index contributed by atoms with van der Waals surface area (Å²) >= 11 is 11.2. The standard InChI is InChI=1S/C15H19ClFN3S/c1-2-19-5-3-10(4-6-19)9-20-14-8-12(17)11(16)7-13(14)18-15(20)21/h7-8,10H,2-6,9H2,1H3,(H,18,21). The molecule has 0 atom stereocenters. The maximum absolute atomic E-state index is 13.7. The predicted molar refractivity (Wildman–Crippen MR) is 86.9 cm³/mol. The van der Waals surface area contributed by atoms with Crippen molar-refractivity contribution in [3.05, 3.63) is 27.7 Å². The number of fused-ring (bicyclic) bond motifs is 1. The number of imidazole rings is 1. The molecule has 0 saturated carbocycles. The lowest BCUT2D eigenvalue weighted by molar-refractivity contribution is 0.181. The van der Waals surface area contributed by atoms with Crippen molar-refractivity contribution in [3.63, 3.8) is 0 Å². The van der Waals surface area contributed by atoms with Crippen LogP contribution < -0.4 is 0 Å². The van der Waals surface area contributed by atoms with Crippen LogP contribution >= 0.6 is 23.8 Å². The molecule has 1 saturated heterocycles. The molecule has 2 aromatic rings. The average molecular weight is 328 g/mol. The van der Waals surface area contributed by atoms with Gasteiger partial charge in [0.2, 0.25) is 0 Å². The van der Waals surface area contributed by atoms with Crippen LogP contribution in [0.5, 0.6) is 0 Å². The lowest BCUT2D eigenvalue weighted by atomic mass is 9.97. The molecular weight excluding hydrogens is 309 g/mol. The van der Waals surface area contributed by atoms with Gasteiger partial charge in [0.25, 0.3) is 0 Å². The molecule has 1 aliphatic heterocycles. The summed E-state index contributed by atoms with van der Waals surface area (Å²) in [5, 5.41) is 0.127. The molecule has 2 heterocycles. The Balaban J connectivity index is 1.86. The van der Waals surface area contributed by atoms with Crippen LogP contribution in [0.15, 0.2) is 12.1 Å².